The molecular formula is C24H28ClN3O5S. The quantitative estimate of drug-likeness (QED) is 0.563. The van der Waals surface area contributed by atoms with Gasteiger partial charge in [0.25, 0.3) is 15.9 Å². The van der Waals surface area contributed by atoms with Gasteiger partial charge >= 0.3 is 0 Å². The minimum absolute atomic E-state index is 0.0188. The van der Waals surface area contributed by atoms with Crippen LogP contribution < -0.4 is 5.32 Å². The molecule has 2 aromatic rings. The van der Waals surface area contributed by atoms with Gasteiger partial charge in [0.15, 0.2) is 0 Å². The Morgan fingerprint density at radius 2 is 1.71 bits per heavy atom. The average molecular weight is 506 g/mol. The molecule has 0 bridgehead atoms. The first-order chi connectivity index (χ1) is 16.0. The zero-order chi connectivity index (χ0) is 25.0. The third-order valence-corrected chi connectivity index (χ3v) is 7.62. The first-order valence-electron chi connectivity index (χ1n) is 11.0. The number of halogens is 1. The van der Waals surface area contributed by atoms with E-state index in [9.17, 15) is 22.8 Å². The number of carbonyl (C=O) groups excluding carboxylic acids is 3. The van der Waals surface area contributed by atoms with Gasteiger partial charge in [0.05, 0.1) is 5.56 Å². The van der Waals surface area contributed by atoms with Gasteiger partial charge in [-0.05, 0) is 57.0 Å². The van der Waals surface area contributed by atoms with Gasteiger partial charge in [0.2, 0.25) is 11.8 Å². The van der Waals surface area contributed by atoms with Crippen molar-refractivity contribution in [2.75, 3.05) is 6.54 Å². The van der Waals surface area contributed by atoms with E-state index in [1.807, 2.05) is 13.8 Å². The van der Waals surface area contributed by atoms with E-state index < -0.39 is 22.0 Å². The molecule has 0 unspecified atom stereocenters. The van der Waals surface area contributed by atoms with Gasteiger partial charge in [0, 0.05) is 30.6 Å². The molecule has 0 saturated carbocycles. The monoisotopic (exact) mass is 505 g/mol. The fourth-order valence-corrected chi connectivity index (χ4v) is 5.48. The summed E-state index contributed by atoms with van der Waals surface area (Å²) in [6.45, 7) is 5.39. The molecule has 1 aliphatic heterocycles. The SMILES string of the molecule is CC(C)NC(=O)[C@@H](C)N(Cc1ccc(Cl)cc1)C(=O)CCCN1C(=O)c2ccccc2S1(=O)=O. The van der Waals surface area contributed by atoms with Gasteiger partial charge < -0.3 is 10.2 Å². The Hall–Kier alpha value is -2.91. The Kier molecular flexibility index (Phi) is 7.99. The summed E-state index contributed by atoms with van der Waals surface area (Å²) in [5.74, 6) is -1.20. The highest BCUT2D eigenvalue weighted by Gasteiger charge is 2.40. The molecule has 182 valence electrons. The van der Waals surface area contributed by atoms with Crippen LogP contribution in [0.5, 0.6) is 0 Å². The summed E-state index contributed by atoms with van der Waals surface area (Å²) in [4.78, 5) is 39.8. The molecule has 10 heteroatoms. The summed E-state index contributed by atoms with van der Waals surface area (Å²) in [5.41, 5.74) is 0.937. The standard InChI is InChI=1S/C24H28ClN3O5S/c1-16(2)26-23(30)17(3)27(15-18-10-12-19(25)13-11-18)22(29)9-6-14-28-24(31)20-7-4-5-8-21(20)34(28,32)33/h4-5,7-8,10-13,16-17H,6,9,14-15H2,1-3H3,(H,26,30)/t17-/m1/s1. The van der Waals surface area contributed by atoms with Gasteiger partial charge in [-0.1, -0.05) is 35.9 Å². The number of nitrogens with one attached hydrogen (secondary N) is 1. The second kappa shape index (κ2) is 10.6. The molecule has 0 radical (unpaired) electrons. The molecule has 34 heavy (non-hydrogen) atoms. The highest BCUT2D eigenvalue weighted by atomic mass is 35.5. The molecule has 0 spiro atoms. The molecule has 3 rings (SSSR count). The van der Waals surface area contributed by atoms with E-state index in [1.54, 1.807) is 43.3 Å². The average Bonchev–Trinajstić information content (AvgIpc) is 2.98. The fraction of sp³-hybridized carbons (Fsp3) is 0.375. The summed E-state index contributed by atoms with van der Waals surface area (Å²) in [6.07, 6.45) is 0.107. The summed E-state index contributed by atoms with van der Waals surface area (Å²) in [5, 5.41) is 3.37. The van der Waals surface area contributed by atoms with Crippen LogP contribution in [0.3, 0.4) is 0 Å². The lowest BCUT2D eigenvalue weighted by Gasteiger charge is -2.29. The van der Waals surface area contributed by atoms with Crippen molar-refractivity contribution in [3.63, 3.8) is 0 Å². The Bertz CT molecular complexity index is 1180. The topological polar surface area (TPSA) is 104 Å². The van der Waals surface area contributed by atoms with Gasteiger partial charge in [-0.25, -0.2) is 12.7 Å². The molecule has 1 N–H and O–H groups in total. The predicted octanol–water partition coefficient (Wildman–Crippen LogP) is 3.21. The maximum atomic E-state index is 13.1. The molecular weight excluding hydrogens is 478 g/mol. The largest absolute Gasteiger partial charge is 0.352 e. The van der Waals surface area contributed by atoms with E-state index in [2.05, 4.69) is 5.32 Å². The summed E-state index contributed by atoms with van der Waals surface area (Å²) < 4.78 is 26.2. The van der Waals surface area contributed by atoms with Gasteiger partial charge in [-0.2, -0.15) is 0 Å². The van der Waals surface area contributed by atoms with Crippen molar-refractivity contribution < 1.29 is 22.8 Å². The van der Waals surface area contributed by atoms with E-state index in [-0.39, 0.29) is 54.2 Å². The van der Waals surface area contributed by atoms with Crippen LogP contribution in [0.4, 0.5) is 0 Å². The van der Waals surface area contributed by atoms with E-state index in [1.165, 1.54) is 17.0 Å². The molecule has 0 fully saturated rings. The lowest BCUT2D eigenvalue weighted by Crippen LogP contribution is -2.49. The van der Waals surface area contributed by atoms with Crippen molar-refractivity contribution in [3.05, 3.63) is 64.7 Å². The Labute approximate surface area is 204 Å². The first kappa shape index (κ1) is 25.7. The molecule has 0 aliphatic carbocycles. The number of benzene rings is 2. The lowest BCUT2D eigenvalue weighted by atomic mass is 10.1. The minimum atomic E-state index is -3.93. The predicted molar refractivity (Wildman–Crippen MR) is 129 cm³/mol. The zero-order valence-electron chi connectivity index (χ0n) is 19.3. The Morgan fingerprint density at radius 3 is 2.32 bits per heavy atom. The number of carbonyl (C=O) groups is 3. The maximum Gasteiger partial charge on any atom is 0.269 e. The highest BCUT2D eigenvalue weighted by Crippen LogP contribution is 2.30. The second-order valence-electron chi connectivity index (χ2n) is 8.47. The number of amides is 3. The Balaban J connectivity index is 1.70. The number of hydrogen-bond donors (Lipinski definition) is 1. The molecule has 1 aliphatic rings. The molecule has 1 heterocycles. The molecule has 3 amide bonds. The smallest absolute Gasteiger partial charge is 0.269 e. The highest BCUT2D eigenvalue weighted by molar-refractivity contribution is 7.90. The maximum absolute atomic E-state index is 13.1. The third kappa shape index (κ3) is 5.59. The fourth-order valence-electron chi connectivity index (χ4n) is 3.74. The third-order valence-electron chi connectivity index (χ3n) is 5.53. The van der Waals surface area contributed by atoms with Gasteiger partial charge in [0.1, 0.15) is 10.9 Å². The summed E-state index contributed by atoms with van der Waals surface area (Å²) >= 11 is 5.95. The van der Waals surface area contributed by atoms with Crippen molar-refractivity contribution in [2.24, 2.45) is 0 Å². The number of hydrogen-bond acceptors (Lipinski definition) is 5. The number of sulfonamides is 1. The van der Waals surface area contributed by atoms with Crippen LogP contribution in [-0.4, -0.2) is 54.0 Å². The van der Waals surface area contributed by atoms with Crippen LogP contribution in [0, 0.1) is 0 Å². The van der Waals surface area contributed by atoms with E-state index in [4.69, 9.17) is 11.6 Å². The molecule has 2 aromatic carbocycles. The van der Waals surface area contributed by atoms with E-state index >= 15 is 0 Å². The van der Waals surface area contributed by atoms with Gasteiger partial charge in [-0.15, -0.1) is 0 Å². The first-order valence-corrected chi connectivity index (χ1v) is 12.8. The number of rotatable bonds is 9. The van der Waals surface area contributed by atoms with Crippen LogP contribution in [0.25, 0.3) is 0 Å². The lowest BCUT2D eigenvalue weighted by molar-refractivity contribution is -0.140. The molecule has 8 nitrogen and oxygen atoms in total. The van der Waals surface area contributed by atoms with Crippen molar-refractivity contribution in [1.29, 1.82) is 0 Å². The molecule has 0 saturated heterocycles. The van der Waals surface area contributed by atoms with Crippen molar-refractivity contribution in [2.45, 2.75) is 57.1 Å². The Morgan fingerprint density at radius 1 is 1.06 bits per heavy atom. The number of nitrogens with zero attached hydrogens (tertiary/aromatic N) is 2. The molecule has 1 atom stereocenters. The number of fused-ring (bicyclic) bond motifs is 1. The minimum Gasteiger partial charge on any atom is -0.352 e. The second-order valence-corrected chi connectivity index (χ2v) is 10.7. The van der Waals surface area contributed by atoms with Crippen LogP contribution in [0.2, 0.25) is 5.02 Å². The van der Waals surface area contributed by atoms with Crippen molar-refractivity contribution >= 4 is 39.3 Å². The van der Waals surface area contributed by atoms with Crippen molar-refractivity contribution in [1.82, 2.24) is 14.5 Å². The van der Waals surface area contributed by atoms with Gasteiger partial charge in [-0.3, -0.25) is 14.4 Å². The van der Waals surface area contributed by atoms with Crippen LogP contribution in [-0.2, 0) is 26.2 Å². The van der Waals surface area contributed by atoms with Crippen LogP contribution in [0.1, 0.15) is 49.5 Å². The van der Waals surface area contributed by atoms with E-state index in [0.717, 1.165) is 9.87 Å². The zero-order valence-corrected chi connectivity index (χ0v) is 20.9. The van der Waals surface area contributed by atoms with Crippen LogP contribution in [0.15, 0.2) is 53.4 Å². The summed E-state index contributed by atoms with van der Waals surface area (Å²) in [6, 6.07) is 12.2. The summed E-state index contributed by atoms with van der Waals surface area (Å²) in [7, 11) is -3.93. The van der Waals surface area contributed by atoms with Crippen LogP contribution >= 0.6 is 11.6 Å². The molecule has 0 aromatic heterocycles. The van der Waals surface area contributed by atoms with E-state index in [0.29, 0.717) is 5.02 Å². The normalized spacial score (nSPS) is 15.2. The van der Waals surface area contributed by atoms with Crippen molar-refractivity contribution in [3.8, 4) is 0 Å².